The number of benzene rings is 2. The van der Waals surface area contributed by atoms with E-state index in [4.69, 9.17) is 0 Å². The summed E-state index contributed by atoms with van der Waals surface area (Å²) in [6.45, 7) is 4.65. The molecule has 0 aromatic heterocycles. The standard InChI is InChI=1S/C22H22/c1-22(2,20-15-7-4-8-16-20)21(19-13-9-10-14-19)17-18-11-5-3-6-12-18/h3-16H,17H2,1-2H3. The molecule has 0 nitrogen and oxygen atoms in total. The number of rotatable bonds is 4. The minimum atomic E-state index is 0.00541. The van der Waals surface area contributed by atoms with Gasteiger partial charge < -0.3 is 0 Å². The second-order valence-electron chi connectivity index (χ2n) is 6.31. The van der Waals surface area contributed by atoms with E-state index in [-0.39, 0.29) is 5.41 Å². The molecule has 0 unspecified atom stereocenters. The van der Waals surface area contributed by atoms with E-state index < -0.39 is 0 Å². The predicted molar refractivity (Wildman–Crippen MR) is 94.9 cm³/mol. The summed E-state index contributed by atoms with van der Waals surface area (Å²) in [6.07, 6.45) is 9.68. The van der Waals surface area contributed by atoms with Crippen LogP contribution in [0.1, 0.15) is 25.0 Å². The second-order valence-corrected chi connectivity index (χ2v) is 6.31. The molecule has 0 spiro atoms. The third kappa shape index (κ3) is 2.96. The number of allylic oxidation sites excluding steroid dienone is 6. The van der Waals surface area contributed by atoms with Gasteiger partial charge in [0.05, 0.1) is 0 Å². The van der Waals surface area contributed by atoms with Crippen LogP contribution in [0.2, 0.25) is 0 Å². The first-order valence-corrected chi connectivity index (χ1v) is 7.86. The van der Waals surface area contributed by atoms with Crippen molar-refractivity contribution in [1.29, 1.82) is 0 Å². The van der Waals surface area contributed by atoms with Gasteiger partial charge in [-0.25, -0.2) is 0 Å². The molecule has 110 valence electrons. The van der Waals surface area contributed by atoms with Crippen LogP contribution in [0.5, 0.6) is 0 Å². The highest BCUT2D eigenvalue weighted by molar-refractivity contribution is 5.50. The first-order valence-electron chi connectivity index (χ1n) is 7.86. The molecular formula is C22H22. The monoisotopic (exact) mass is 286 g/mol. The second kappa shape index (κ2) is 6.19. The van der Waals surface area contributed by atoms with Gasteiger partial charge in [-0.15, -0.1) is 0 Å². The van der Waals surface area contributed by atoms with E-state index in [2.05, 4.69) is 98.8 Å². The lowest BCUT2D eigenvalue weighted by molar-refractivity contribution is 0.603. The molecule has 0 aliphatic heterocycles. The number of hydrogen-bond acceptors (Lipinski definition) is 0. The summed E-state index contributed by atoms with van der Waals surface area (Å²) in [5, 5.41) is 0. The van der Waals surface area contributed by atoms with Crippen LogP contribution in [0.4, 0.5) is 0 Å². The molecule has 0 amide bonds. The van der Waals surface area contributed by atoms with Gasteiger partial charge in [-0.05, 0) is 28.7 Å². The summed E-state index contributed by atoms with van der Waals surface area (Å²) in [4.78, 5) is 0. The van der Waals surface area contributed by atoms with Gasteiger partial charge in [-0.3, -0.25) is 0 Å². The molecule has 0 heteroatoms. The van der Waals surface area contributed by atoms with Crippen molar-refractivity contribution in [3.8, 4) is 0 Å². The van der Waals surface area contributed by atoms with E-state index in [1.54, 1.807) is 0 Å². The fourth-order valence-corrected chi connectivity index (χ4v) is 3.09. The zero-order valence-electron chi connectivity index (χ0n) is 13.3. The van der Waals surface area contributed by atoms with Crippen molar-refractivity contribution < 1.29 is 0 Å². The maximum Gasteiger partial charge on any atom is 0.0117 e. The average Bonchev–Trinajstić information content (AvgIpc) is 3.08. The normalized spacial score (nSPS) is 13.6. The summed E-state index contributed by atoms with van der Waals surface area (Å²) in [5.41, 5.74) is 5.54. The lowest BCUT2D eigenvalue weighted by Gasteiger charge is -2.30. The zero-order valence-corrected chi connectivity index (χ0v) is 13.3. The molecule has 0 fully saturated rings. The molecule has 3 rings (SSSR count). The average molecular weight is 286 g/mol. The smallest absolute Gasteiger partial charge is 0.0117 e. The largest absolute Gasteiger partial charge is 0.0622 e. The fraction of sp³-hybridized carbons (Fsp3) is 0.182. The molecule has 0 heterocycles. The van der Waals surface area contributed by atoms with Gasteiger partial charge in [-0.2, -0.15) is 0 Å². The van der Waals surface area contributed by atoms with Gasteiger partial charge in [0.15, 0.2) is 0 Å². The third-order valence-corrected chi connectivity index (χ3v) is 4.48. The Labute approximate surface area is 133 Å². The van der Waals surface area contributed by atoms with Crippen LogP contribution in [0, 0.1) is 0 Å². The summed E-state index contributed by atoms with van der Waals surface area (Å²) in [5.74, 6) is 0. The maximum atomic E-state index is 2.33. The fourth-order valence-electron chi connectivity index (χ4n) is 3.09. The summed E-state index contributed by atoms with van der Waals surface area (Å²) in [6, 6.07) is 21.5. The first-order chi connectivity index (χ1) is 10.7. The van der Waals surface area contributed by atoms with Crippen LogP contribution in [-0.2, 0) is 11.8 Å². The van der Waals surface area contributed by atoms with Crippen molar-refractivity contribution in [3.05, 3.63) is 107 Å². The number of hydrogen-bond donors (Lipinski definition) is 0. The molecule has 0 bridgehead atoms. The van der Waals surface area contributed by atoms with Crippen molar-refractivity contribution >= 4 is 0 Å². The van der Waals surface area contributed by atoms with E-state index >= 15 is 0 Å². The van der Waals surface area contributed by atoms with Crippen molar-refractivity contribution in [2.75, 3.05) is 0 Å². The Morgan fingerprint density at radius 1 is 0.773 bits per heavy atom. The third-order valence-electron chi connectivity index (χ3n) is 4.48. The SMILES string of the molecule is CC(C)(C(Cc1ccccc1)=C1C=CC=C1)c1ccccc1. The lowest BCUT2D eigenvalue weighted by Crippen LogP contribution is -2.23. The highest BCUT2D eigenvalue weighted by Crippen LogP contribution is 2.37. The van der Waals surface area contributed by atoms with Crippen molar-refractivity contribution in [3.63, 3.8) is 0 Å². The van der Waals surface area contributed by atoms with Crippen LogP contribution < -0.4 is 0 Å². The van der Waals surface area contributed by atoms with Crippen molar-refractivity contribution in [2.24, 2.45) is 0 Å². The molecular weight excluding hydrogens is 264 g/mol. The molecule has 1 aliphatic rings. The van der Waals surface area contributed by atoms with Crippen LogP contribution in [0.15, 0.2) is 96.1 Å². The Bertz CT molecular complexity index is 699. The van der Waals surface area contributed by atoms with Crippen LogP contribution in [-0.4, -0.2) is 0 Å². The van der Waals surface area contributed by atoms with E-state index in [1.165, 1.54) is 22.3 Å². The topological polar surface area (TPSA) is 0 Å². The van der Waals surface area contributed by atoms with Crippen LogP contribution in [0.25, 0.3) is 0 Å². The van der Waals surface area contributed by atoms with Gasteiger partial charge in [0, 0.05) is 5.41 Å². The molecule has 1 aliphatic carbocycles. The Hall–Kier alpha value is -2.34. The van der Waals surface area contributed by atoms with E-state index in [1.807, 2.05) is 0 Å². The molecule has 2 aromatic carbocycles. The highest BCUT2D eigenvalue weighted by Gasteiger charge is 2.27. The summed E-state index contributed by atoms with van der Waals surface area (Å²) >= 11 is 0. The van der Waals surface area contributed by atoms with Gasteiger partial charge in [0.2, 0.25) is 0 Å². The Morgan fingerprint density at radius 3 is 1.91 bits per heavy atom. The van der Waals surface area contributed by atoms with Gasteiger partial charge in [-0.1, -0.05) is 98.8 Å². The lowest BCUT2D eigenvalue weighted by atomic mass is 9.73. The molecule has 0 saturated carbocycles. The molecule has 0 radical (unpaired) electrons. The molecule has 0 atom stereocenters. The van der Waals surface area contributed by atoms with Crippen LogP contribution in [0.3, 0.4) is 0 Å². The van der Waals surface area contributed by atoms with Crippen molar-refractivity contribution in [1.82, 2.24) is 0 Å². The molecule has 2 aromatic rings. The predicted octanol–water partition coefficient (Wildman–Crippen LogP) is 5.63. The Morgan fingerprint density at radius 2 is 1.32 bits per heavy atom. The zero-order chi connectivity index (χ0) is 15.4. The first kappa shape index (κ1) is 14.6. The minimum Gasteiger partial charge on any atom is -0.0622 e. The minimum absolute atomic E-state index is 0.00541. The van der Waals surface area contributed by atoms with E-state index in [9.17, 15) is 0 Å². The van der Waals surface area contributed by atoms with Gasteiger partial charge in [0.25, 0.3) is 0 Å². The highest BCUT2D eigenvalue weighted by atomic mass is 14.3. The quantitative estimate of drug-likeness (QED) is 0.683. The summed E-state index contributed by atoms with van der Waals surface area (Å²) < 4.78 is 0. The molecule has 0 N–H and O–H groups in total. The van der Waals surface area contributed by atoms with E-state index in [0.29, 0.717) is 0 Å². The summed E-state index contributed by atoms with van der Waals surface area (Å²) in [7, 11) is 0. The Balaban J connectivity index is 2.05. The maximum absolute atomic E-state index is 2.33. The van der Waals surface area contributed by atoms with Gasteiger partial charge >= 0.3 is 0 Å². The van der Waals surface area contributed by atoms with Crippen molar-refractivity contribution in [2.45, 2.75) is 25.7 Å². The molecule has 22 heavy (non-hydrogen) atoms. The Kier molecular flexibility index (Phi) is 4.11. The van der Waals surface area contributed by atoms with Crippen LogP contribution >= 0.6 is 0 Å². The van der Waals surface area contributed by atoms with E-state index in [0.717, 1.165) is 6.42 Å². The van der Waals surface area contributed by atoms with Gasteiger partial charge in [0.1, 0.15) is 0 Å². The molecule has 0 saturated heterocycles.